The third-order valence-corrected chi connectivity index (χ3v) is 2.94. The van der Waals surface area contributed by atoms with E-state index >= 15 is 0 Å². The number of thiazole rings is 1. The third kappa shape index (κ3) is 3.10. The van der Waals surface area contributed by atoms with Gasteiger partial charge in [-0.05, 0) is 18.9 Å². The van der Waals surface area contributed by atoms with Crippen LogP contribution in [0.1, 0.15) is 17.8 Å². The first kappa shape index (κ1) is 9.19. The first-order chi connectivity index (χ1) is 6.34. The zero-order valence-corrected chi connectivity index (χ0v) is 8.74. The highest BCUT2D eigenvalue weighted by atomic mass is 35.5. The fraction of sp³-hybridized carbons (Fsp3) is 0.444. The molecule has 2 nitrogen and oxygen atoms in total. The molecule has 1 saturated carbocycles. The molecule has 0 saturated heterocycles. The summed E-state index contributed by atoms with van der Waals surface area (Å²) in [6, 6.07) is 0.768. The van der Waals surface area contributed by atoms with E-state index < -0.39 is 0 Å². The van der Waals surface area contributed by atoms with E-state index in [1.165, 1.54) is 24.2 Å². The van der Waals surface area contributed by atoms with E-state index in [1.54, 1.807) is 6.20 Å². The van der Waals surface area contributed by atoms with Crippen molar-refractivity contribution in [1.29, 1.82) is 0 Å². The lowest BCUT2D eigenvalue weighted by Crippen LogP contribution is -2.15. The molecule has 70 valence electrons. The van der Waals surface area contributed by atoms with E-state index in [9.17, 15) is 0 Å². The maximum Gasteiger partial charge on any atom is 0.117 e. The van der Waals surface area contributed by atoms with Gasteiger partial charge in [-0.3, -0.25) is 0 Å². The van der Waals surface area contributed by atoms with Gasteiger partial charge >= 0.3 is 0 Å². The van der Waals surface area contributed by atoms with Gasteiger partial charge < -0.3 is 5.32 Å². The highest BCUT2D eigenvalue weighted by Crippen LogP contribution is 2.20. The number of hydrogen-bond acceptors (Lipinski definition) is 3. The van der Waals surface area contributed by atoms with E-state index in [-0.39, 0.29) is 0 Å². The molecular weight excluding hydrogens is 204 g/mol. The number of hydrogen-bond donors (Lipinski definition) is 1. The fourth-order valence-corrected chi connectivity index (χ4v) is 1.89. The minimum atomic E-state index is 0.745. The van der Waals surface area contributed by atoms with Crippen LogP contribution in [-0.2, 0) is 0 Å². The molecule has 4 heteroatoms. The quantitative estimate of drug-likeness (QED) is 0.834. The van der Waals surface area contributed by atoms with Gasteiger partial charge in [-0.1, -0.05) is 17.7 Å². The molecule has 0 amide bonds. The minimum absolute atomic E-state index is 0.745. The second-order valence-electron chi connectivity index (χ2n) is 3.09. The van der Waals surface area contributed by atoms with Crippen LogP contribution in [0.3, 0.4) is 0 Å². The van der Waals surface area contributed by atoms with E-state index in [0.29, 0.717) is 0 Å². The predicted octanol–water partition coefficient (Wildman–Crippen LogP) is 2.56. The Balaban J connectivity index is 1.75. The third-order valence-electron chi connectivity index (χ3n) is 1.86. The second kappa shape index (κ2) is 4.22. The number of halogens is 1. The van der Waals surface area contributed by atoms with Crippen molar-refractivity contribution in [3.63, 3.8) is 0 Å². The number of rotatable bonds is 4. The highest BCUT2D eigenvalue weighted by Gasteiger charge is 2.18. The average Bonchev–Trinajstić information content (AvgIpc) is 2.84. The standard InChI is InChI=1S/C9H11ClN2S/c10-8-6-12-9(13-8)2-1-5-11-7-3-4-7/h1-2,6-7,11H,3-5H2/b2-1+. The van der Waals surface area contributed by atoms with Crippen molar-refractivity contribution in [3.8, 4) is 0 Å². The number of nitrogens with zero attached hydrogens (tertiary/aromatic N) is 1. The molecule has 13 heavy (non-hydrogen) atoms. The SMILES string of the molecule is Clc1cnc(/C=C/CNC2CC2)s1. The van der Waals surface area contributed by atoms with Crippen LogP contribution in [0.5, 0.6) is 0 Å². The van der Waals surface area contributed by atoms with Crippen molar-refractivity contribution in [2.24, 2.45) is 0 Å². The highest BCUT2D eigenvalue weighted by molar-refractivity contribution is 7.16. The van der Waals surface area contributed by atoms with Crippen LogP contribution in [0, 0.1) is 0 Å². The van der Waals surface area contributed by atoms with Gasteiger partial charge in [0.25, 0.3) is 0 Å². The molecule has 0 unspecified atom stereocenters. The molecule has 2 rings (SSSR count). The first-order valence-corrected chi connectivity index (χ1v) is 5.55. The topological polar surface area (TPSA) is 24.9 Å². The molecule has 0 radical (unpaired) electrons. The molecule has 0 aromatic carbocycles. The molecule has 0 atom stereocenters. The molecule has 1 aromatic rings. The van der Waals surface area contributed by atoms with Gasteiger partial charge in [0.15, 0.2) is 0 Å². The van der Waals surface area contributed by atoms with Crippen molar-refractivity contribution in [2.45, 2.75) is 18.9 Å². The van der Waals surface area contributed by atoms with Crippen molar-refractivity contribution in [3.05, 3.63) is 21.6 Å². The van der Waals surface area contributed by atoms with Crippen LogP contribution in [0.25, 0.3) is 6.08 Å². The molecule has 1 aliphatic rings. The number of aromatic nitrogens is 1. The molecule has 0 bridgehead atoms. The molecule has 1 aromatic heterocycles. The van der Waals surface area contributed by atoms with Gasteiger partial charge in [-0.15, -0.1) is 11.3 Å². The van der Waals surface area contributed by atoms with Gasteiger partial charge in [0, 0.05) is 12.6 Å². The average molecular weight is 215 g/mol. The van der Waals surface area contributed by atoms with Crippen LogP contribution >= 0.6 is 22.9 Å². The molecule has 1 fully saturated rings. The van der Waals surface area contributed by atoms with Crippen LogP contribution in [0.4, 0.5) is 0 Å². The Morgan fingerprint density at radius 2 is 2.54 bits per heavy atom. The van der Waals surface area contributed by atoms with Crippen molar-refractivity contribution in [1.82, 2.24) is 10.3 Å². The lowest BCUT2D eigenvalue weighted by Gasteiger charge is -1.93. The second-order valence-corrected chi connectivity index (χ2v) is 4.78. The van der Waals surface area contributed by atoms with Crippen LogP contribution in [0.15, 0.2) is 12.3 Å². The van der Waals surface area contributed by atoms with Gasteiger partial charge in [-0.2, -0.15) is 0 Å². The monoisotopic (exact) mass is 214 g/mol. The summed E-state index contributed by atoms with van der Waals surface area (Å²) in [5.74, 6) is 0. The fourth-order valence-electron chi connectivity index (χ4n) is 1.03. The maximum atomic E-state index is 5.74. The maximum absolute atomic E-state index is 5.74. The summed E-state index contributed by atoms with van der Waals surface area (Å²) in [6.07, 6.45) is 8.44. The molecule has 0 aliphatic heterocycles. The van der Waals surface area contributed by atoms with Crippen molar-refractivity contribution < 1.29 is 0 Å². The summed E-state index contributed by atoms with van der Waals surface area (Å²) in [5, 5.41) is 4.37. The molecule has 1 N–H and O–H groups in total. The van der Waals surface area contributed by atoms with E-state index in [1.807, 2.05) is 6.08 Å². The Labute approximate surface area is 86.6 Å². The minimum Gasteiger partial charge on any atom is -0.311 e. The smallest absolute Gasteiger partial charge is 0.117 e. The van der Waals surface area contributed by atoms with Crippen LogP contribution in [0.2, 0.25) is 4.34 Å². The van der Waals surface area contributed by atoms with Gasteiger partial charge in [-0.25, -0.2) is 4.98 Å². The zero-order chi connectivity index (χ0) is 9.10. The summed E-state index contributed by atoms with van der Waals surface area (Å²) in [7, 11) is 0. The lowest BCUT2D eigenvalue weighted by molar-refractivity contribution is 0.754. The van der Waals surface area contributed by atoms with Crippen molar-refractivity contribution >= 4 is 29.0 Å². The molecular formula is C9H11ClN2S. The summed E-state index contributed by atoms with van der Waals surface area (Å²) >= 11 is 7.24. The van der Waals surface area contributed by atoms with Crippen LogP contribution in [-0.4, -0.2) is 17.6 Å². The number of nitrogens with one attached hydrogen (secondary N) is 1. The Morgan fingerprint density at radius 1 is 1.69 bits per heavy atom. The van der Waals surface area contributed by atoms with Crippen LogP contribution < -0.4 is 5.32 Å². The van der Waals surface area contributed by atoms with Gasteiger partial charge in [0.2, 0.25) is 0 Å². The summed E-state index contributed by atoms with van der Waals surface area (Å²) < 4.78 is 0.745. The molecule has 1 aliphatic carbocycles. The van der Waals surface area contributed by atoms with E-state index in [4.69, 9.17) is 11.6 Å². The Hall–Kier alpha value is -0.380. The largest absolute Gasteiger partial charge is 0.311 e. The Kier molecular flexibility index (Phi) is 2.98. The predicted molar refractivity (Wildman–Crippen MR) is 57.2 cm³/mol. The van der Waals surface area contributed by atoms with Gasteiger partial charge in [0.1, 0.15) is 9.34 Å². The summed E-state index contributed by atoms with van der Waals surface area (Å²) in [4.78, 5) is 4.12. The first-order valence-electron chi connectivity index (χ1n) is 4.36. The van der Waals surface area contributed by atoms with E-state index in [2.05, 4.69) is 16.4 Å². The zero-order valence-electron chi connectivity index (χ0n) is 7.16. The summed E-state index contributed by atoms with van der Waals surface area (Å²) in [6.45, 7) is 0.932. The summed E-state index contributed by atoms with van der Waals surface area (Å²) in [5.41, 5.74) is 0. The normalized spacial score (nSPS) is 17.0. The molecule has 1 heterocycles. The Morgan fingerprint density at radius 3 is 3.15 bits per heavy atom. The van der Waals surface area contributed by atoms with E-state index in [0.717, 1.165) is 21.9 Å². The molecule has 0 spiro atoms. The van der Waals surface area contributed by atoms with Crippen molar-refractivity contribution in [2.75, 3.05) is 6.54 Å². The lowest BCUT2D eigenvalue weighted by atomic mass is 10.5. The van der Waals surface area contributed by atoms with Gasteiger partial charge in [0.05, 0.1) is 6.20 Å². The Bertz CT molecular complexity index is 304.